The van der Waals surface area contributed by atoms with E-state index in [1.165, 1.54) is 6.07 Å². The lowest BCUT2D eigenvalue weighted by Gasteiger charge is -2.35. The van der Waals surface area contributed by atoms with Crippen LogP contribution < -0.4 is 9.64 Å². The van der Waals surface area contributed by atoms with Crippen molar-refractivity contribution in [1.82, 2.24) is 14.9 Å². The molecular weight excluding hydrogens is 422 g/mol. The number of ether oxygens (including phenoxy) is 1. The minimum absolute atomic E-state index is 0.0395. The standard InChI is InChI=1S/C24H25N5O4/c1-3-33-20-8-6-18(7-9-20)21-15-23(26-16-25-21)27-10-12-28(13-11-27)24(30)19-5-4-17(2)22(14-19)29(31)32/h4-9,14-16H,3,10-13H2,1-2H3. The Labute approximate surface area is 191 Å². The van der Waals surface area contributed by atoms with Crippen LogP contribution in [0.25, 0.3) is 11.3 Å². The summed E-state index contributed by atoms with van der Waals surface area (Å²) in [7, 11) is 0. The highest BCUT2D eigenvalue weighted by Crippen LogP contribution is 2.25. The van der Waals surface area contributed by atoms with Crippen molar-refractivity contribution in [1.29, 1.82) is 0 Å². The molecule has 0 atom stereocenters. The van der Waals surface area contributed by atoms with E-state index in [2.05, 4.69) is 14.9 Å². The van der Waals surface area contributed by atoms with Gasteiger partial charge in [-0.25, -0.2) is 9.97 Å². The van der Waals surface area contributed by atoms with Crippen LogP contribution in [0, 0.1) is 17.0 Å². The van der Waals surface area contributed by atoms with Crippen molar-refractivity contribution < 1.29 is 14.5 Å². The van der Waals surface area contributed by atoms with Gasteiger partial charge in [-0.1, -0.05) is 6.07 Å². The Bertz CT molecular complexity index is 1160. The molecule has 9 heteroatoms. The maximum absolute atomic E-state index is 12.9. The zero-order valence-electron chi connectivity index (χ0n) is 18.6. The molecule has 2 heterocycles. The molecule has 0 spiro atoms. The molecule has 0 saturated carbocycles. The number of piperazine rings is 1. The first kappa shape index (κ1) is 22.2. The smallest absolute Gasteiger partial charge is 0.273 e. The first-order valence-corrected chi connectivity index (χ1v) is 10.8. The molecule has 4 rings (SSSR count). The highest BCUT2D eigenvalue weighted by Gasteiger charge is 2.25. The monoisotopic (exact) mass is 447 g/mol. The van der Waals surface area contributed by atoms with Crippen molar-refractivity contribution in [3.63, 3.8) is 0 Å². The van der Waals surface area contributed by atoms with Gasteiger partial charge in [0.25, 0.3) is 11.6 Å². The molecule has 170 valence electrons. The van der Waals surface area contributed by atoms with E-state index in [9.17, 15) is 14.9 Å². The van der Waals surface area contributed by atoms with Crippen molar-refractivity contribution in [3.8, 4) is 17.0 Å². The van der Waals surface area contributed by atoms with Crippen LogP contribution in [0.5, 0.6) is 5.75 Å². The zero-order valence-corrected chi connectivity index (χ0v) is 18.6. The van der Waals surface area contributed by atoms with Crippen molar-refractivity contribution in [2.45, 2.75) is 13.8 Å². The minimum atomic E-state index is -0.457. The van der Waals surface area contributed by atoms with Crippen LogP contribution >= 0.6 is 0 Å². The third-order valence-corrected chi connectivity index (χ3v) is 5.66. The molecule has 1 aromatic heterocycles. The Hall–Kier alpha value is -4.01. The maximum atomic E-state index is 12.9. The van der Waals surface area contributed by atoms with Crippen LogP contribution in [-0.2, 0) is 0 Å². The lowest BCUT2D eigenvalue weighted by atomic mass is 10.1. The second-order valence-corrected chi connectivity index (χ2v) is 7.76. The third-order valence-electron chi connectivity index (χ3n) is 5.66. The fourth-order valence-electron chi connectivity index (χ4n) is 3.83. The Morgan fingerprint density at radius 2 is 1.79 bits per heavy atom. The van der Waals surface area contributed by atoms with Crippen molar-refractivity contribution >= 4 is 17.4 Å². The summed E-state index contributed by atoms with van der Waals surface area (Å²) in [6.45, 7) is 6.45. The van der Waals surface area contributed by atoms with Gasteiger partial charge >= 0.3 is 0 Å². The molecule has 3 aromatic rings. The van der Waals surface area contributed by atoms with Gasteiger partial charge < -0.3 is 14.5 Å². The molecule has 33 heavy (non-hydrogen) atoms. The number of rotatable bonds is 6. The average Bonchev–Trinajstić information content (AvgIpc) is 2.84. The van der Waals surface area contributed by atoms with Gasteiger partial charge in [-0.05, 0) is 44.2 Å². The summed E-state index contributed by atoms with van der Waals surface area (Å²) in [5.41, 5.74) is 2.61. The number of aryl methyl sites for hydroxylation is 1. The molecule has 1 fully saturated rings. The van der Waals surface area contributed by atoms with Crippen LogP contribution in [0.4, 0.5) is 11.5 Å². The number of benzene rings is 2. The Balaban J connectivity index is 1.43. The van der Waals surface area contributed by atoms with Crippen LogP contribution in [0.15, 0.2) is 54.9 Å². The summed E-state index contributed by atoms with van der Waals surface area (Å²) in [4.78, 5) is 36.3. The molecule has 1 aliphatic rings. The molecule has 1 amide bonds. The summed E-state index contributed by atoms with van der Waals surface area (Å²) in [5.74, 6) is 1.41. The number of aromatic nitrogens is 2. The highest BCUT2D eigenvalue weighted by molar-refractivity contribution is 5.95. The van der Waals surface area contributed by atoms with Gasteiger partial charge in [0.05, 0.1) is 17.2 Å². The number of nitrogens with zero attached hydrogens (tertiary/aromatic N) is 5. The fourth-order valence-corrected chi connectivity index (χ4v) is 3.83. The summed E-state index contributed by atoms with van der Waals surface area (Å²) in [6.07, 6.45) is 1.55. The van der Waals surface area contributed by atoms with E-state index in [0.717, 1.165) is 22.8 Å². The maximum Gasteiger partial charge on any atom is 0.273 e. The SMILES string of the molecule is CCOc1ccc(-c2cc(N3CCN(C(=O)c4ccc(C)c([N+](=O)[O-])c4)CC3)ncn2)cc1. The molecule has 9 nitrogen and oxygen atoms in total. The van der Waals surface area contributed by atoms with Crippen LogP contribution in [0.1, 0.15) is 22.8 Å². The van der Waals surface area contributed by atoms with Gasteiger partial charge in [0.1, 0.15) is 17.9 Å². The normalized spacial score (nSPS) is 13.6. The molecule has 1 saturated heterocycles. The van der Waals surface area contributed by atoms with Gasteiger partial charge in [-0.15, -0.1) is 0 Å². The Morgan fingerprint density at radius 3 is 2.45 bits per heavy atom. The molecule has 0 N–H and O–H groups in total. The van der Waals surface area contributed by atoms with Crippen LogP contribution in [0.3, 0.4) is 0 Å². The van der Waals surface area contributed by atoms with E-state index in [1.54, 1.807) is 30.3 Å². The first-order chi connectivity index (χ1) is 16.0. The van der Waals surface area contributed by atoms with Gasteiger partial charge in [-0.2, -0.15) is 0 Å². The fraction of sp³-hybridized carbons (Fsp3) is 0.292. The second-order valence-electron chi connectivity index (χ2n) is 7.76. The second kappa shape index (κ2) is 9.64. The molecule has 0 bridgehead atoms. The number of nitro benzene ring substituents is 1. The quantitative estimate of drug-likeness (QED) is 0.419. The lowest BCUT2D eigenvalue weighted by molar-refractivity contribution is -0.385. The number of nitro groups is 1. The Morgan fingerprint density at radius 1 is 1.06 bits per heavy atom. The number of hydrogen-bond donors (Lipinski definition) is 0. The summed E-state index contributed by atoms with van der Waals surface area (Å²) >= 11 is 0. The van der Waals surface area contributed by atoms with Gasteiger partial charge in [0, 0.05) is 55.0 Å². The van der Waals surface area contributed by atoms with Crippen molar-refractivity contribution in [2.24, 2.45) is 0 Å². The van der Waals surface area contributed by atoms with E-state index in [0.29, 0.717) is 43.9 Å². The minimum Gasteiger partial charge on any atom is -0.494 e. The van der Waals surface area contributed by atoms with Gasteiger partial charge in [0.15, 0.2) is 0 Å². The van der Waals surface area contributed by atoms with E-state index in [1.807, 2.05) is 37.3 Å². The molecule has 2 aromatic carbocycles. The molecule has 1 aliphatic heterocycles. The number of carbonyl (C=O) groups excluding carboxylic acids is 1. The van der Waals surface area contributed by atoms with Gasteiger partial charge in [0.2, 0.25) is 0 Å². The average molecular weight is 447 g/mol. The van der Waals surface area contributed by atoms with Crippen molar-refractivity contribution in [2.75, 3.05) is 37.7 Å². The number of carbonyl (C=O) groups is 1. The van der Waals surface area contributed by atoms with E-state index in [4.69, 9.17) is 4.74 Å². The molecule has 0 radical (unpaired) electrons. The predicted octanol–water partition coefficient (Wildman–Crippen LogP) is 3.72. The van der Waals surface area contributed by atoms with Crippen LogP contribution in [-0.4, -0.2) is 58.5 Å². The lowest BCUT2D eigenvalue weighted by Crippen LogP contribution is -2.49. The predicted molar refractivity (Wildman–Crippen MR) is 125 cm³/mol. The molecular formula is C24H25N5O4. The third kappa shape index (κ3) is 4.92. The summed E-state index contributed by atoms with van der Waals surface area (Å²) < 4.78 is 5.49. The first-order valence-electron chi connectivity index (χ1n) is 10.8. The summed E-state index contributed by atoms with van der Waals surface area (Å²) in [5, 5.41) is 11.2. The molecule has 0 unspecified atom stereocenters. The topological polar surface area (TPSA) is 102 Å². The Kier molecular flexibility index (Phi) is 6.48. The van der Waals surface area contributed by atoms with Crippen LogP contribution in [0.2, 0.25) is 0 Å². The number of hydrogen-bond acceptors (Lipinski definition) is 7. The number of anilines is 1. The molecule has 0 aliphatic carbocycles. The summed E-state index contributed by atoms with van der Waals surface area (Å²) in [6, 6.07) is 14.3. The van der Waals surface area contributed by atoms with E-state index < -0.39 is 4.92 Å². The van der Waals surface area contributed by atoms with E-state index in [-0.39, 0.29) is 11.6 Å². The largest absolute Gasteiger partial charge is 0.494 e. The highest BCUT2D eigenvalue weighted by atomic mass is 16.6. The number of amides is 1. The zero-order chi connectivity index (χ0) is 23.4. The van der Waals surface area contributed by atoms with Crippen molar-refractivity contribution in [3.05, 3.63) is 76.1 Å². The van der Waals surface area contributed by atoms with Gasteiger partial charge in [-0.3, -0.25) is 14.9 Å². The van der Waals surface area contributed by atoms with E-state index >= 15 is 0 Å².